The van der Waals surface area contributed by atoms with E-state index in [4.69, 9.17) is 5.11 Å². The SMILES string of the molecule is CN(C)CCC(C)(C)C(=O)O. The summed E-state index contributed by atoms with van der Waals surface area (Å²) in [5, 5.41) is 8.74. The summed E-state index contributed by atoms with van der Waals surface area (Å²) in [6, 6.07) is 0. The third-order valence-corrected chi connectivity index (χ3v) is 1.76. The molecule has 1 N–H and O–H groups in total. The van der Waals surface area contributed by atoms with Gasteiger partial charge >= 0.3 is 5.97 Å². The summed E-state index contributed by atoms with van der Waals surface area (Å²) >= 11 is 0. The molecule has 0 aromatic heterocycles. The average Bonchev–Trinajstić information content (AvgIpc) is 1.84. The molecular formula is C8H17NO2. The summed E-state index contributed by atoms with van der Waals surface area (Å²) in [6.45, 7) is 4.32. The van der Waals surface area contributed by atoms with Crippen LogP contribution in [0.15, 0.2) is 0 Å². The van der Waals surface area contributed by atoms with Crippen molar-refractivity contribution in [2.75, 3.05) is 20.6 Å². The van der Waals surface area contributed by atoms with Crippen LogP contribution in [0.4, 0.5) is 0 Å². The van der Waals surface area contributed by atoms with Gasteiger partial charge < -0.3 is 10.0 Å². The Kier molecular flexibility index (Phi) is 3.52. The summed E-state index contributed by atoms with van der Waals surface area (Å²) in [5.41, 5.74) is -0.593. The number of rotatable bonds is 4. The van der Waals surface area contributed by atoms with E-state index >= 15 is 0 Å². The van der Waals surface area contributed by atoms with E-state index in [2.05, 4.69) is 0 Å². The Morgan fingerprint density at radius 1 is 1.45 bits per heavy atom. The maximum Gasteiger partial charge on any atom is 0.309 e. The average molecular weight is 159 g/mol. The predicted molar refractivity (Wildman–Crippen MR) is 44.6 cm³/mol. The van der Waals surface area contributed by atoms with Gasteiger partial charge in [-0.15, -0.1) is 0 Å². The molecule has 66 valence electrons. The van der Waals surface area contributed by atoms with Crippen LogP contribution in [0.5, 0.6) is 0 Å². The highest BCUT2D eigenvalue weighted by Gasteiger charge is 2.26. The van der Waals surface area contributed by atoms with Gasteiger partial charge in [-0.05, 0) is 40.9 Å². The number of hydrogen-bond donors (Lipinski definition) is 1. The van der Waals surface area contributed by atoms with E-state index < -0.39 is 11.4 Å². The molecule has 0 spiro atoms. The Morgan fingerprint density at radius 2 is 1.91 bits per heavy atom. The van der Waals surface area contributed by atoms with E-state index in [9.17, 15) is 4.79 Å². The minimum absolute atomic E-state index is 0.593. The standard InChI is InChI=1S/C8H17NO2/c1-8(2,7(10)11)5-6-9(3)4/h5-6H2,1-4H3,(H,10,11). The Bertz CT molecular complexity index is 141. The highest BCUT2D eigenvalue weighted by molar-refractivity contribution is 5.73. The summed E-state index contributed by atoms with van der Waals surface area (Å²) in [6.07, 6.45) is 0.690. The van der Waals surface area contributed by atoms with Crippen molar-refractivity contribution in [3.05, 3.63) is 0 Å². The molecule has 0 fully saturated rings. The van der Waals surface area contributed by atoms with E-state index in [0.29, 0.717) is 6.42 Å². The van der Waals surface area contributed by atoms with E-state index in [0.717, 1.165) is 6.54 Å². The Labute approximate surface area is 68.0 Å². The smallest absolute Gasteiger partial charge is 0.309 e. The van der Waals surface area contributed by atoms with Gasteiger partial charge in [-0.25, -0.2) is 0 Å². The molecule has 0 aliphatic heterocycles. The lowest BCUT2D eigenvalue weighted by Crippen LogP contribution is -2.28. The largest absolute Gasteiger partial charge is 0.481 e. The number of hydrogen-bond acceptors (Lipinski definition) is 2. The minimum atomic E-state index is -0.723. The van der Waals surface area contributed by atoms with Crippen LogP contribution >= 0.6 is 0 Å². The van der Waals surface area contributed by atoms with Gasteiger partial charge in [-0.2, -0.15) is 0 Å². The van der Waals surface area contributed by atoms with E-state index in [1.165, 1.54) is 0 Å². The molecule has 0 bridgehead atoms. The van der Waals surface area contributed by atoms with Crippen molar-refractivity contribution in [1.82, 2.24) is 4.90 Å². The van der Waals surface area contributed by atoms with Gasteiger partial charge in [0.15, 0.2) is 0 Å². The van der Waals surface area contributed by atoms with Gasteiger partial charge in [-0.1, -0.05) is 0 Å². The Balaban J connectivity index is 3.83. The fourth-order valence-corrected chi connectivity index (χ4v) is 0.610. The summed E-state index contributed by atoms with van der Waals surface area (Å²) in [5.74, 6) is -0.723. The van der Waals surface area contributed by atoms with Crippen molar-refractivity contribution >= 4 is 5.97 Å². The lowest BCUT2D eigenvalue weighted by Gasteiger charge is -2.20. The van der Waals surface area contributed by atoms with Crippen molar-refractivity contribution in [2.45, 2.75) is 20.3 Å². The van der Waals surface area contributed by atoms with Crippen molar-refractivity contribution in [3.8, 4) is 0 Å². The highest BCUT2D eigenvalue weighted by atomic mass is 16.4. The van der Waals surface area contributed by atoms with Crippen molar-refractivity contribution in [3.63, 3.8) is 0 Å². The minimum Gasteiger partial charge on any atom is -0.481 e. The van der Waals surface area contributed by atoms with Gasteiger partial charge in [0.2, 0.25) is 0 Å². The van der Waals surface area contributed by atoms with Gasteiger partial charge in [0.25, 0.3) is 0 Å². The number of carbonyl (C=O) groups is 1. The van der Waals surface area contributed by atoms with Crippen molar-refractivity contribution < 1.29 is 9.90 Å². The molecule has 0 radical (unpaired) electrons. The number of nitrogens with zero attached hydrogens (tertiary/aromatic N) is 1. The molecule has 3 nitrogen and oxygen atoms in total. The molecule has 0 rings (SSSR count). The predicted octanol–water partition coefficient (Wildman–Crippen LogP) is 1.05. The maximum atomic E-state index is 10.6. The molecule has 0 amide bonds. The first-order chi connectivity index (χ1) is 4.86. The molecule has 0 heterocycles. The second kappa shape index (κ2) is 3.72. The zero-order valence-electron chi connectivity index (χ0n) is 7.72. The van der Waals surface area contributed by atoms with Crippen molar-refractivity contribution in [1.29, 1.82) is 0 Å². The van der Waals surface area contributed by atoms with Crippen LogP contribution < -0.4 is 0 Å². The van der Waals surface area contributed by atoms with Crippen molar-refractivity contribution in [2.24, 2.45) is 5.41 Å². The molecule has 0 atom stereocenters. The second-order valence-electron chi connectivity index (χ2n) is 3.74. The van der Waals surface area contributed by atoms with Gasteiger partial charge in [0, 0.05) is 0 Å². The zero-order chi connectivity index (χ0) is 9.07. The number of carboxylic acids is 1. The molecule has 0 saturated heterocycles. The second-order valence-corrected chi connectivity index (χ2v) is 3.74. The van der Waals surface area contributed by atoms with Gasteiger partial charge in [0.1, 0.15) is 0 Å². The molecule has 11 heavy (non-hydrogen) atoms. The van der Waals surface area contributed by atoms with Crippen LogP contribution in [0, 0.1) is 5.41 Å². The third-order valence-electron chi connectivity index (χ3n) is 1.76. The number of carboxylic acid groups (broad SMARTS) is 1. The van der Waals surface area contributed by atoms with Crippen LogP contribution in [0.2, 0.25) is 0 Å². The van der Waals surface area contributed by atoms with Crippen LogP contribution in [-0.4, -0.2) is 36.6 Å². The van der Waals surface area contributed by atoms with Gasteiger partial charge in [0.05, 0.1) is 5.41 Å². The van der Waals surface area contributed by atoms with Crippen LogP contribution in [0.25, 0.3) is 0 Å². The molecule has 0 aliphatic rings. The maximum absolute atomic E-state index is 10.6. The third kappa shape index (κ3) is 3.98. The zero-order valence-corrected chi connectivity index (χ0v) is 7.72. The first kappa shape index (κ1) is 10.4. The number of aliphatic carboxylic acids is 1. The Morgan fingerprint density at radius 3 is 2.18 bits per heavy atom. The summed E-state index contributed by atoms with van der Waals surface area (Å²) in [4.78, 5) is 12.6. The fourth-order valence-electron chi connectivity index (χ4n) is 0.610. The lowest BCUT2D eigenvalue weighted by molar-refractivity contribution is -0.147. The normalized spacial score (nSPS) is 12.1. The Hall–Kier alpha value is -0.570. The lowest BCUT2D eigenvalue weighted by atomic mass is 9.89. The first-order valence-electron chi connectivity index (χ1n) is 3.74. The summed E-state index contributed by atoms with van der Waals surface area (Å²) < 4.78 is 0. The molecule has 0 saturated carbocycles. The molecule has 0 aliphatic carbocycles. The van der Waals surface area contributed by atoms with E-state index in [-0.39, 0.29) is 0 Å². The topological polar surface area (TPSA) is 40.5 Å². The first-order valence-corrected chi connectivity index (χ1v) is 3.74. The molecular weight excluding hydrogens is 142 g/mol. The van der Waals surface area contributed by atoms with Gasteiger partial charge in [-0.3, -0.25) is 4.79 Å². The molecule has 3 heteroatoms. The molecule has 0 aromatic rings. The monoisotopic (exact) mass is 159 g/mol. The van der Waals surface area contributed by atoms with E-state index in [1.54, 1.807) is 13.8 Å². The van der Waals surface area contributed by atoms with Crippen LogP contribution in [-0.2, 0) is 4.79 Å². The highest BCUT2D eigenvalue weighted by Crippen LogP contribution is 2.19. The fraction of sp³-hybridized carbons (Fsp3) is 0.875. The van der Waals surface area contributed by atoms with Crippen LogP contribution in [0.3, 0.4) is 0 Å². The molecule has 0 aromatic carbocycles. The van der Waals surface area contributed by atoms with E-state index in [1.807, 2.05) is 19.0 Å². The quantitative estimate of drug-likeness (QED) is 0.666. The van der Waals surface area contributed by atoms with Crippen LogP contribution in [0.1, 0.15) is 20.3 Å². The summed E-state index contributed by atoms with van der Waals surface area (Å²) in [7, 11) is 3.88. The molecule has 0 unspecified atom stereocenters.